The molecular weight excluding hydrogens is 193 g/mol. The maximum Gasteiger partial charge on any atom is 0.267 e. The average molecular weight is 207 g/mol. The third kappa shape index (κ3) is 22.4. The summed E-state index contributed by atoms with van der Waals surface area (Å²) in [5, 5.41) is 7.86. The molecule has 0 aromatic heterocycles. The molecule has 4 N–H and O–H groups in total. The molecular formula is C5H14NNaO4S. The molecule has 7 heteroatoms. The summed E-state index contributed by atoms with van der Waals surface area (Å²) in [5.41, 5.74) is 5.16. The van der Waals surface area contributed by atoms with Gasteiger partial charge in [0.1, 0.15) is 0 Å². The van der Waals surface area contributed by atoms with Crippen molar-refractivity contribution in [1.29, 1.82) is 0 Å². The van der Waals surface area contributed by atoms with Crippen LogP contribution in [0.3, 0.4) is 0 Å². The molecule has 0 saturated carbocycles. The van der Waals surface area contributed by atoms with Gasteiger partial charge in [-0.3, -0.25) is 4.55 Å². The monoisotopic (exact) mass is 207 g/mol. The molecule has 0 radical (unpaired) electrons. The summed E-state index contributed by atoms with van der Waals surface area (Å²) in [6.07, 6.45) is 1.23. The molecule has 0 saturated heterocycles. The van der Waals surface area contributed by atoms with Crippen molar-refractivity contribution in [1.82, 2.24) is 0 Å². The van der Waals surface area contributed by atoms with E-state index in [9.17, 15) is 8.42 Å². The van der Waals surface area contributed by atoms with Crippen LogP contribution in [0, 0.1) is 0 Å². The van der Waals surface area contributed by atoms with Gasteiger partial charge in [0.25, 0.3) is 10.1 Å². The third-order valence-corrected chi connectivity index (χ3v) is 2.31. The molecule has 5 nitrogen and oxygen atoms in total. The Morgan fingerprint density at radius 1 is 1.42 bits per heavy atom. The Bertz CT molecular complexity index is 168. The molecule has 0 aliphatic rings. The number of nitrogens with two attached hydrogens (primary N) is 1. The maximum atomic E-state index is 9.63. The average Bonchev–Trinajstić information content (AvgIpc) is 1.87. The standard InChI is InChI=1S/C3H8N.C2H6O4S.Na/c1-2-3-4;3-1-2-7(4,5)6;/h1-4H2;3H,1-2H2,(H,4,5,6);. The van der Waals surface area contributed by atoms with Crippen LogP contribution in [-0.2, 0) is 10.1 Å². The molecule has 0 unspecified atom stereocenters. The van der Waals surface area contributed by atoms with Crippen molar-refractivity contribution in [2.24, 2.45) is 5.73 Å². The molecule has 0 aliphatic carbocycles. The molecule has 0 amide bonds. The van der Waals surface area contributed by atoms with Gasteiger partial charge in [-0.2, -0.15) is 8.42 Å². The summed E-state index contributed by atoms with van der Waals surface area (Å²) >= 11 is 1.32. The van der Waals surface area contributed by atoms with Crippen molar-refractivity contribution in [2.75, 3.05) is 18.9 Å². The van der Waals surface area contributed by atoms with Crippen LogP contribution in [0.2, 0.25) is 3.67 Å². The maximum absolute atomic E-state index is 9.63. The predicted molar refractivity (Wildman–Crippen MR) is 47.7 cm³/mol. The van der Waals surface area contributed by atoms with Crippen LogP contribution in [0.5, 0.6) is 0 Å². The fourth-order valence-corrected chi connectivity index (χ4v) is 0.958. The molecule has 0 aromatic rings. The van der Waals surface area contributed by atoms with E-state index in [1.807, 2.05) is 0 Å². The first-order valence-corrected chi connectivity index (χ1v) is 6.76. The smallest absolute Gasteiger partial charge is 0.267 e. The van der Waals surface area contributed by atoms with Gasteiger partial charge in [0, 0.05) is 0 Å². The summed E-state index contributed by atoms with van der Waals surface area (Å²) in [6.45, 7) is 0.350. The van der Waals surface area contributed by atoms with Gasteiger partial charge in [-0.05, 0) is 0 Å². The van der Waals surface area contributed by atoms with E-state index in [0.29, 0.717) is 0 Å². The summed E-state index contributed by atoms with van der Waals surface area (Å²) in [5.74, 6) is -0.576. The Kier molecular flexibility index (Phi) is 12.6. The SMILES string of the molecule is NCC[CH2][Na].O=S(=O)(O)CCO. The van der Waals surface area contributed by atoms with Crippen LogP contribution >= 0.6 is 0 Å². The van der Waals surface area contributed by atoms with Gasteiger partial charge >= 0.3 is 50.3 Å². The van der Waals surface area contributed by atoms with Crippen LogP contribution in [0.4, 0.5) is 0 Å². The van der Waals surface area contributed by atoms with Crippen molar-refractivity contribution in [2.45, 2.75) is 10.1 Å². The van der Waals surface area contributed by atoms with Gasteiger partial charge in [-0.25, -0.2) is 0 Å². The zero-order valence-electron chi connectivity index (χ0n) is 7.23. The van der Waals surface area contributed by atoms with Crippen LogP contribution < -0.4 is 5.73 Å². The van der Waals surface area contributed by atoms with E-state index in [0.717, 1.165) is 6.54 Å². The summed E-state index contributed by atoms with van der Waals surface area (Å²) in [4.78, 5) is 0. The largest absolute Gasteiger partial charge is 0.395 e. The molecule has 0 bridgehead atoms. The molecule has 0 heterocycles. The van der Waals surface area contributed by atoms with Gasteiger partial charge in [0.05, 0.1) is 12.4 Å². The quantitative estimate of drug-likeness (QED) is 0.396. The second-order valence-electron chi connectivity index (χ2n) is 2.15. The zero-order valence-corrected chi connectivity index (χ0v) is 10.0. The molecule has 0 rings (SSSR count). The Labute approximate surface area is 90.5 Å². The van der Waals surface area contributed by atoms with Gasteiger partial charge in [0.2, 0.25) is 0 Å². The van der Waals surface area contributed by atoms with Crippen LogP contribution in [0.15, 0.2) is 0 Å². The summed E-state index contributed by atoms with van der Waals surface area (Å²) < 4.78 is 28.4. The molecule has 0 atom stereocenters. The van der Waals surface area contributed by atoms with E-state index in [1.165, 1.54) is 38.0 Å². The molecule has 0 fully saturated rings. The molecule has 0 spiro atoms. The second kappa shape index (κ2) is 9.91. The van der Waals surface area contributed by atoms with Crippen molar-refractivity contribution >= 4 is 38.0 Å². The van der Waals surface area contributed by atoms with Crippen LogP contribution in [0.1, 0.15) is 6.42 Å². The van der Waals surface area contributed by atoms with Crippen LogP contribution in [0.25, 0.3) is 0 Å². The van der Waals surface area contributed by atoms with E-state index >= 15 is 0 Å². The molecule has 0 aliphatic heterocycles. The number of hydrogen-bond donors (Lipinski definition) is 3. The van der Waals surface area contributed by atoms with Crippen LogP contribution in [-0.4, -0.2) is 64.9 Å². The Hall–Kier alpha value is 0.830. The molecule has 12 heavy (non-hydrogen) atoms. The first-order chi connectivity index (χ1) is 5.47. The van der Waals surface area contributed by atoms with Gasteiger partial charge in [0.15, 0.2) is 0 Å². The summed E-state index contributed by atoms with van der Waals surface area (Å²) in [7, 11) is -3.92. The molecule has 0 aromatic carbocycles. The van der Waals surface area contributed by atoms with E-state index in [4.69, 9.17) is 15.4 Å². The first kappa shape index (κ1) is 15.3. The Morgan fingerprint density at radius 2 is 1.92 bits per heavy atom. The number of aliphatic hydroxyl groups excluding tert-OH is 1. The minimum absolute atomic E-state index is 0.529. The predicted octanol–water partition coefficient (Wildman–Crippen LogP) is -1.21. The van der Waals surface area contributed by atoms with Crippen molar-refractivity contribution < 1.29 is 18.1 Å². The fraction of sp³-hybridized carbons (Fsp3) is 1.00. The van der Waals surface area contributed by atoms with Gasteiger partial charge < -0.3 is 5.11 Å². The summed E-state index contributed by atoms with van der Waals surface area (Å²) in [6, 6.07) is 0. The topological polar surface area (TPSA) is 101 Å². The second-order valence-corrected chi connectivity index (χ2v) is 4.72. The van der Waals surface area contributed by atoms with Crippen molar-refractivity contribution in [3.05, 3.63) is 0 Å². The van der Waals surface area contributed by atoms with E-state index in [-0.39, 0.29) is 0 Å². The zero-order chi connectivity index (χ0) is 10.0. The third-order valence-electron chi connectivity index (χ3n) is 0.907. The minimum Gasteiger partial charge on any atom is -0.395 e. The van der Waals surface area contributed by atoms with Gasteiger partial charge in [-0.15, -0.1) is 0 Å². The normalized spacial score (nSPS) is 10.4. The number of rotatable bonds is 4. The number of aliphatic hydroxyl groups is 1. The van der Waals surface area contributed by atoms with Crippen molar-refractivity contribution in [3.63, 3.8) is 0 Å². The van der Waals surface area contributed by atoms with Crippen molar-refractivity contribution in [3.8, 4) is 0 Å². The van der Waals surface area contributed by atoms with E-state index in [2.05, 4.69) is 0 Å². The molecule has 70 valence electrons. The first-order valence-electron chi connectivity index (χ1n) is 3.74. The number of hydrogen-bond acceptors (Lipinski definition) is 4. The Morgan fingerprint density at radius 3 is 1.92 bits per heavy atom. The fourth-order valence-electron chi connectivity index (χ4n) is 0.319. The van der Waals surface area contributed by atoms with E-state index < -0.39 is 22.5 Å². The Balaban J connectivity index is 0. The minimum atomic E-state index is -3.92. The van der Waals surface area contributed by atoms with E-state index in [1.54, 1.807) is 0 Å². The van der Waals surface area contributed by atoms with Gasteiger partial charge in [-0.1, -0.05) is 0 Å².